The lowest BCUT2D eigenvalue weighted by Gasteiger charge is -2.21. The zero-order chi connectivity index (χ0) is 12.1. The Kier molecular flexibility index (Phi) is 4.40. The first kappa shape index (κ1) is 12.4. The Balaban J connectivity index is 1.85. The van der Waals surface area contributed by atoms with E-state index in [2.05, 4.69) is 5.32 Å². The van der Waals surface area contributed by atoms with Crippen LogP contribution in [0.3, 0.4) is 0 Å². The SMILES string of the molecule is O=C(OCc1ccccc1Cl)C1CCNCC1. The van der Waals surface area contributed by atoms with Gasteiger partial charge < -0.3 is 10.1 Å². The van der Waals surface area contributed by atoms with Gasteiger partial charge in [-0.2, -0.15) is 0 Å². The van der Waals surface area contributed by atoms with E-state index in [0.29, 0.717) is 5.02 Å². The molecule has 3 nitrogen and oxygen atoms in total. The average Bonchev–Trinajstić information content (AvgIpc) is 2.38. The summed E-state index contributed by atoms with van der Waals surface area (Å²) in [7, 11) is 0. The van der Waals surface area contributed by atoms with Gasteiger partial charge in [-0.3, -0.25) is 4.79 Å². The van der Waals surface area contributed by atoms with E-state index in [9.17, 15) is 4.79 Å². The molecule has 1 aromatic carbocycles. The number of benzene rings is 1. The minimum absolute atomic E-state index is 0.0405. The molecule has 1 fully saturated rings. The molecule has 4 heteroatoms. The third kappa shape index (κ3) is 3.45. The predicted molar refractivity (Wildman–Crippen MR) is 66.8 cm³/mol. The summed E-state index contributed by atoms with van der Waals surface area (Å²) in [6.07, 6.45) is 1.72. The standard InChI is InChI=1S/C13H16ClNO2/c14-12-4-2-1-3-11(12)9-17-13(16)10-5-7-15-8-6-10/h1-4,10,15H,5-9H2. The van der Waals surface area contributed by atoms with Gasteiger partial charge in [0.25, 0.3) is 0 Å². The zero-order valence-corrected chi connectivity index (χ0v) is 10.4. The minimum Gasteiger partial charge on any atom is -0.461 e. The van der Waals surface area contributed by atoms with Crippen LogP contribution in [0.5, 0.6) is 0 Å². The molecule has 0 radical (unpaired) electrons. The molecule has 1 aliphatic heterocycles. The number of esters is 1. The van der Waals surface area contributed by atoms with Crippen LogP contribution in [0, 0.1) is 5.92 Å². The molecule has 1 aliphatic rings. The van der Waals surface area contributed by atoms with Gasteiger partial charge in [-0.1, -0.05) is 29.8 Å². The summed E-state index contributed by atoms with van der Waals surface area (Å²) in [6, 6.07) is 7.42. The van der Waals surface area contributed by atoms with Gasteiger partial charge in [-0.05, 0) is 32.0 Å². The number of hydrogen-bond acceptors (Lipinski definition) is 3. The summed E-state index contributed by atoms with van der Waals surface area (Å²) in [5.41, 5.74) is 0.858. The number of hydrogen-bond donors (Lipinski definition) is 1. The second-order valence-corrected chi connectivity index (χ2v) is 4.63. The van der Waals surface area contributed by atoms with E-state index in [0.717, 1.165) is 31.5 Å². The van der Waals surface area contributed by atoms with Crippen molar-refractivity contribution < 1.29 is 9.53 Å². The molecule has 0 unspecified atom stereocenters. The normalized spacial score (nSPS) is 16.8. The Morgan fingerprint density at radius 1 is 1.35 bits per heavy atom. The number of nitrogens with one attached hydrogen (secondary N) is 1. The first-order valence-corrected chi connectivity index (χ1v) is 6.26. The van der Waals surface area contributed by atoms with E-state index in [-0.39, 0.29) is 18.5 Å². The predicted octanol–water partition coefficient (Wildman–Crippen LogP) is 2.38. The summed E-state index contributed by atoms with van der Waals surface area (Å²) in [6.45, 7) is 2.06. The molecule has 1 N–H and O–H groups in total. The lowest BCUT2D eigenvalue weighted by Crippen LogP contribution is -2.32. The second kappa shape index (κ2) is 6.03. The fraction of sp³-hybridized carbons (Fsp3) is 0.462. The number of carbonyl (C=O) groups is 1. The van der Waals surface area contributed by atoms with Crippen LogP contribution in [0.25, 0.3) is 0 Å². The number of ether oxygens (including phenoxy) is 1. The highest BCUT2D eigenvalue weighted by atomic mass is 35.5. The van der Waals surface area contributed by atoms with Crippen molar-refractivity contribution in [3.8, 4) is 0 Å². The molecule has 0 spiro atoms. The van der Waals surface area contributed by atoms with Gasteiger partial charge in [0.2, 0.25) is 0 Å². The number of rotatable bonds is 3. The molecule has 17 heavy (non-hydrogen) atoms. The van der Waals surface area contributed by atoms with E-state index in [1.807, 2.05) is 18.2 Å². The van der Waals surface area contributed by atoms with Crippen molar-refractivity contribution >= 4 is 17.6 Å². The summed E-state index contributed by atoms with van der Waals surface area (Å²) < 4.78 is 5.30. The summed E-state index contributed by atoms with van der Waals surface area (Å²) in [5, 5.41) is 3.87. The van der Waals surface area contributed by atoms with Crippen LogP contribution in [0.2, 0.25) is 5.02 Å². The van der Waals surface area contributed by atoms with Crippen LogP contribution in [0.15, 0.2) is 24.3 Å². The van der Waals surface area contributed by atoms with Crippen molar-refractivity contribution in [1.82, 2.24) is 5.32 Å². The zero-order valence-electron chi connectivity index (χ0n) is 9.62. The van der Waals surface area contributed by atoms with Gasteiger partial charge in [0.15, 0.2) is 0 Å². The smallest absolute Gasteiger partial charge is 0.309 e. The van der Waals surface area contributed by atoms with Crippen LogP contribution in [-0.2, 0) is 16.1 Å². The monoisotopic (exact) mass is 253 g/mol. The maximum atomic E-state index is 11.8. The molecule has 1 saturated heterocycles. The summed E-state index contributed by atoms with van der Waals surface area (Å²) in [4.78, 5) is 11.8. The van der Waals surface area contributed by atoms with E-state index >= 15 is 0 Å². The topological polar surface area (TPSA) is 38.3 Å². The van der Waals surface area contributed by atoms with E-state index in [4.69, 9.17) is 16.3 Å². The molecule has 0 bridgehead atoms. The Morgan fingerprint density at radius 3 is 2.76 bits per heavy atom. The van der Waals surface area contributed by atoms with Crippen LogP contribution in [-0.4, -0.2) is 19.1 Å². The highest BCUT2D eigenvalue weighted by Gasteiger charge is 2.22. The number of halogens is 1. The van der Waals surface area contributed by atoms with Crippen molar-refractivity contribution in [3.05, 3.63) is 34.9 Å². The third-order valence-electron chi connectivity index (χ3n) is 3.00. The van der Waals surface area contributed by atoms with Crippen molar-refractivity contribution in [3.63, 3.8) is 0 Å². The molecule has 92 valence electrons. The molecule has 1 heterocycles. The van der Waals surface area contributed by atoms with Crippen LogP contribution < -0.4 is 5.32 Å². The molecular formula is C13H16ClNO2. The lowest BCUT2D eigenvalue weighted by atomic mass is 9.98. The fourth-order valence-corrected chi connectivity index (χ4v) is 2.13. The van der Waals surface area contributed by atoms with E-state index in [1.165, 1.54) is 0 Å². The summed E-state index contributed by atoms with van der Waals surface area (Å²) >= 11 is 5.99. The minimum atomic E-state index is -0.105. The van der Waals surface area contributed by atoms with Crippen molar-refractivity contribution in [2.45, 2.75) is 19.4 Å². The van der Waals surface area contributed by atoms with E-state index < -0.39 is 0 Å². The quantitative estimate of drug-likeness (QED) is 0.841. The maximum absolute atomic E-state index is 11.8. The Hall–Kier alpha value is -1.06. The van der Waals surface area contributed by atoms with Gasteiger partial charge in [0, 0.05) is 10.6 Å². The highest BCUT2D eigenvalue weighted by Crippen LogP contribution is 2.18. The maximum Gasteiger partial charge on any atom is 0.309 e. The molecule has 0 atom stereocenters. The van der Waals surface area contributed by atoms with Gasteiger partial charge in [0.1, 0.15) is 6.61 Å². The lowest BCUT2D eigenvalue weighted by molar-refractivity contribution is -0.150. The molecule has 0 amide bonds. The fourth-order valence-electron chi connectivity index (χ4n) is 1.94. The molecule has 2 rings (SSSR count). The van der Waals surface area contributed by atoms with E-state index in [1.54, 1.807) is 6.07 Å². The van der Waals surface area contributed by atoms with Gasteiger partial charge in [0.05, 0.1) is 5.92 Å². The number of carbonyl (C=O) groups excluding carboxylic acids is 1. The molecule has 0 saturated carbocycles. The van der Waals surface area contributed by atoms with Crippen LogP contribution >= 0.6 is 11.6 Å². The van der Waals surface area contributed by atoms with Gasteiger partial charge in [-0.25, -0.2) is 0 Å². The number of piperidine rings is 1. The second-order valence-electron chi connectivity index (χ2n) is 4.22. The first-order chi connectivity index (χ1) is 8.27. The molecule has 0 aliphatic carbocycles. The van der Waals surface area contributed by atoms with Crippen LogP contribution in [0.4, 0.5) is 0 Å². The van der Waals surface area contributed by atoms with Gasteiger partial charge >= 0.3 is 5.97 Å². The summed E-state index contributed by atoms with van der Waals surface area (Å²) in [5.74, 6) is -0.0647. The van der Waals surface area contributed by atoms with Crippen LogP contribution in [0.1, 0.15) is 18.4 Å². The molecule has 0 aromatic heterocycles. The Bertz CT molecular complexity index is 389. The average molecular weight is 254 g/mol. The highest BCUT2D eigenvalue weighted by molar-refractivity contribution is 6.31. The Labute approximate surface area is 106 Å². The molecular weight excluding hydrogens is 238 g/mol. The van der Waals surface area contributed by atoms with Crippen molar-refractivity contribution in [1.29, 1.82) is 0 Å². The first-order valence-electron chi connectivity index (χ1n) is 5.88. The van der Waals surface area contributed by atoms with Gasteiger partial charge in [-0.15, -0.1) is 0 Å². The Morgan fingerprint density at radius 2 is 2.06 bits per heavy atom. The van der Waals surface area contributed by atoms with Crippen molar-refractivity contribution in [2.24, 2.45) is 5.92 Å². The third-order valence-corrected chi connectivity index (χ3v) is 3.37. The largest absolute Gasteiger partial charge is 0.461 e. The van der Waals surface area contributed by atoms with Crippen molar-refractivity contribution in [2.75, 3.05) is 13.1 Å². The molecule has 1 aromatic rings.